The minimum Gasteiger partial charge on any atom is -0.384 e. The fourth-order valence-electron chi connectivity index (χ4n) is 2.70. The molecule has 0 amide bonds. The Labute approximate surface area is 122 Å². The van der Waals surface area contributed by atoms with Crippen molar-refractivity contribution in [1.29, 1.82) is 5.26 Å². The van der Waals surface area contributed by atoms with E-state index in [2.05, 4.69) is 10.2 Å². The predicted molar refractivity (Wildman–Crippen MR) is 74.9 cm³/mol. The van der Waals surface area contributed by atoms with Gasteiger partial charge in [0.25, 0.3) is 0 Å². The molecule has 0 bridgehead atoms. The average molecular weight is 297 g/mol. The van der Waals surface area contributed by atoms with E-state index in [9.17, 15) is 13.2 Å². The Hall–Kier alpha value is -1.74. The Bertz CT molecular complexity index is 534. The molecule has 1 N–H and O–H groups in total. The van der Waals surface area contributed by atoms with Gasteiger partial charge in [-0.3, -0.25) is 0 Å². The van der Waals surface area contributed by atoms with Crippen molar-refractivity contribution >= 4 is 5.69 Å². The summed E-state index contributed by atoms with van der Waals surface area (Å²) < 4.78 is 39.1. The maximum Gasteiger partial charge on any atom is 0.418 e. The van der Waals surface area contributed by atoms with E-state index in [1.807, 2.05) is 7.05 Å². The molecule has 1 aromatic rings. The summed E-state index contributed by atoms with van der Waals surface area (Å²) in [5.41, 5.74) is -0.703. The summed E-state index contributed by atoms with van der Waals surface area (Å²) in [7, 11) is 2.02. The highest BCUT2D eigenvalue weighted by molar-refractivity contribution is 5.56. The highest BCUT2D eigenvalue weighted by Gasteiger charge is 2.34. The van der Waals surface area contributed by atoms with Crippen LogP contribution in [0.4, 0.5) is 18.9 Å². The van der Waals surface area contributed by atoms with Crippen LogP contribution in [0.25, 0.3) is 0 Å². The van der Waals surface area contributed by atoms with Crippen molar-refractivity contribution in [3.63, 3.8) is 0 Å². The minimum absolute atomic E-state index is 0.0188. The largest absolute Gasteiger partial charge is 0.418 e. The molecule has 1 aliphatic heterocycles. The molecule has 0 aliphatic carbocycles. The summed E-state index contributed by atoms with van der Waals surface area (Å²) in [6.07, 6.45) is -2.37. The summed E-state index contributed by atoms with van der Waals surface area (Å²) in [5.74, 6) is 0.348. The van der Waals surface area contributed by atoms with Crippen molar-refractivity contribution in [1.82, 2.24) is 4.90 Å². The van der Waals surface area contributed by atoms with Crippen molar-refractivity contribution in [2.24, 2.45) is 5.92 Å². The number of hydrogen-bond acceptors (Lipinski definition) is 3. The first-order valence-electron chi connectivity index (χ1n) is 6.94. The molecule has 0 spiro atoms. The van der Waals surface area contributed by atoms with Crippen LogP contribution in [0.15, 0.2) is 18.2 Å². The average Bonchev–Trinajstić information content (AvgIpc) is 2.44. The predicted octanol–water partition coefficient (Wildman–Crippen LogP) is 3.33. The third kappa shape index (κ3) is 4.11. The lowest BCUT2D eigenvalue weighted by molar-refractivity contribution is -0.137. The van der Waals surface area contributed by atoms with Crippen molar-refractivity contribution in [3.8, 4) is 6.07 Å². The highest BCUT2D eigenvalue weighted by atomic mass is 19.4. The van der Waals surface area contributed by atoms with Crippen molar-refractivity contribution in [2.45, 2.75) is 19.0 Å². The van der Waals surface area contributed by atoms with Gasteiger partial charge in [-0.25, -0.2) is 0 Å². The molecule has 0 saturated carbocycles. The molecule has 1 atom stereocenters. The second kappa shape index (κ2) is 6.35. The maximum absolute atomic E-state index is 13.0. The number of alkyl halides is 3. The lowest BCUT2D eigenvalue weighted by Gasteiger charge is -2.30. The van der Waals surface area contributed by atoms with Crippen LogP contribution >= 0.6 is 0 Å². The van der Waals surface area contributed by atoms with Crippen LogP contribution in [-0.4, -0.2) is 31.6 Å². The van der Waals surface area contributed by atoms with Gasteiger partial charge in [-0.1, -0.05) is 0 Å². The number of halogens is 3. The minimum atomic E-state index is -4.46. The Balaban J connectivity index is 2.10. The van der Waals surface area contributed by atoms with Crippen LogP contribution in [0.3, 0.4) is 0 Å². The van der Waals surface area contributed by atoms with Crippen LogP contribution in [-0.2, 0) is 6.18 Å². The lowest BCUT2D eigenvalue weighted by atomic mass is 9.98. The first-order valence-corrected chi connectivity index (χ1v) is 6.94. The Morgan fingerprint density at radius 1 is 1.43 bits per heavy atom. The summed E-state index contributed by atoms with van der Waals surface area (Å²) in [6.45, 7) is 2.45. The molecule has 21 heavy (non-hydrogen) atoms. The number of nitriles is 1. The Morgan fingerprint density at radius 3 is 2.81 bits per heavy atom. The SMILES string of the molecule is CN1CCCC(CNc2ccc(C#N)cc2C(F)(F)F)C1. The molecule has 2 rings (SSSR count). The van der Waals surface area contributed by atoms with Crippen molar-refractivity contribution in [3.05, 3.63) is 29.3 Å². The number of hydrogen-bond donors (Lipinski definition) is 1. The van der Waals surface area contributed by atoms with Gasteiger partial charge in [0.1, 0.15) is 0 Å². The van der Waals surface area contributed by atoms with Gasteiger partial charge in [0.2, 0.25) is 0 Å². The van der Waals surface area contributed by atoms with Crippen molar-refractivity contribution in [2.75, 3.05) is 32.0 Å². The zero-order valence-electron chi connectivity index (χ0n) is 11.9. The summed E-state index contributed by atoms with van der Waals surface area (Å²) in [4.78, 5) is 2.19. The normalized spacial score (nSPS) is 20.0. The van der Waals surface area contributed by atoms with E-state index in [1.54, 1.807) is 6.07 Å². The van der Waals surface area contributed by atoms with Gasteiger partial charge in [0.15, 0.2) is 0 Å². The maximum atomic E-state index is 13.0. The van der Waals surface area contributed by atoms with Gasteiger partial charge in [-0.2, -0.15) is 18.4 Å². The molecule has 1 unspecified atom stereocenters. The van der Waals surface area contributed by atoms with E-state index in [-0.39, 0.29) is 11.3 Å². The van der Waals surface area contributed by atoms with Crippen LogP contribution < -0.4 is 5.32 Å². The first-order chi connectivity index (χ1) is 9.90. The zero-order chi connectivity index (χ0) is 15.5. The van der Waals surface area contributed by atoms with E-state index < -0.39 is 11.7 Å². The third-order valence-corrected chi connectivity index (χ3v) is 3.76. The van der Waals surface area contributed by atoms with Gasteiger partial charge in [-0.15, -0.1) is 0 Å². The van der Waals surface area contributed by atoms with Gasteiger partial charge >= 0.3 is 6.18 Å². The number of nitrogens with one attached hydrogen (secondary N) is 1. The van der Waals surface area contributed by atoms with Gasteiger partial charge in [-0.05, 0) is 50.6 Å². The molecular weight excluding hydrogens is 279 g/mol. The summed E-state index contributed by atoms with van der Waals surface area (Å²) in [6, 6.07) is 5.39. The number of rotatable bonds is 3. The molecule has 0 radical (unpaired) electrons. The Kier molecular flexibility index (Phi) is 4.73. The van der Waals surface area contributed by atoms with Crippen molar-refractivity contribution < 1.29 is 13.2 Å². The summed E-state index contributed by atoms with van der Waals surface area (Å²) in [5, 5.41) is 11.6. The number of benzene rings is 1. The quantitative estimate of drug-likeness (QED) is 0.930. The topological polar surface area (TPSA) is 39.1 Å². The van der Waals surface area contributed by atoms with E-state index >= 15 is 0 Å². The Morgan fingerprint density at radius 2 is 2.19 bits per heavy atom. The molecule has 3 nitrogen and oxygen atoms in total. The first kappa shape index (κ1) is 15.6. The third-order valence-electron chi connectivity index (χ3n) is 3.76. The second-order valence-electron chi connectivity index (χ2n) is 5.52. The monoisotopic (exact) mass is 297 g/mol. The number of anilines is 1. The molecule has 1 heterocycles. The molecule has 1 aromatic carbocycles. The van der Waals surface area contributed by atoms with E-state index in [1.165, 1.54) is 12.1 Å². The van der Waals surface area contributed by atoms with E-state index in [0.29, 0.717) is 12.5 Å². The lowest BCUT2D eigenvalue weighted by Crippen LogP contribution is -2.35. The molecule has 1 saturated heterocycles. The number of likely N-dealkylation sites (tertiary alicyclic amines) is 1. The molecule has 6 heteroatoms. The fourth-order valence-corrected chi connectivity index (χ4v) is 2.70. The second-order valence-corrected chi connectivity index (χ2v) is 5.52. The van der Waals surface area contributed by atoms with E-state index in [0.717, 1.165) is 32.0 Å². The van der Waals surface area contributed by atoms with Gasteiger partial charge in [0, 0.05) is 18.8 Å². The number of piperidine rings is 1. The van der Waals surface area contributed by atoms with Crippen LogP contribution in [0.1, 0.15) is 24.0 Å². The standard InChI is InChI=1S/C15H18F3N3/c1-21-6-2-3-12(10-21)9-20-14-5-4-11(8-19)7-13(14)15(16,17)18/h4-5,7,12,20H,2-3,6,9-10H2,1H3. The summed E-state index contributed by atoms with van der Waals surface area (Å²) >= 11 is 0. The van der Waals surface area contributed by atoms with Crippen LogP contribution in [0, 0.1) is 17.2 Å². The molecule has 0 aromatic heterocycles. The van der Waals surface area contributed by atoms with Gasteiger partial charge in [0.05, 0.1) is 17.2 Å². The zero-order valence-corrected chi connectivity index (χ0v) is 11.9. The molecule has 114 valence electrons. The van der Waals surface area contributed by atoms with Crippen LogP contribution in [0.2, 0.25) is 0 Å². The van der Waals surface area contributed by atoms with E-state index in [4.69, 9.17) is 5.26 Å². The van der Waals surface area contributed by atoms with Gasteiger partial charge < -0.3 is 10.2 Å². The smallest absolute Gasteiger partial charge is 0.384 e. The number of nitrogens with zero attached hydrogens (tertiary/aromatic N) is 2. The molecule has 1 fully saturated rings. The highest BCUT2D eigenvalue weighted by Crippen LogP contribution is 2.35. The fraction of sp³-hybridized carbons (Fsp3) is 0.533. The van der Waals surface area contributed by atoms with Crippen LogP contribution in [0.5, 0.6) is 0 Å². The molecule has 1 aliphatic rings. The molecular formula is C15H18F3N3.